The zero-order valence-electron chi connectivity index (χ0n) is 14.7. The standard InChI is InChI=1S/C20H23N3S/c1-20(2,3)17-12-10-16(11-13-17)18-21-22-19(23(18)4)24-14-15-8-6-5-7-9-15/h5-13H,14H2,1-4H3. The summed E-state index contributed by atoms with van der Waals surface area (Å²) in [5.41, 5.74) is 3.88. The van der Waals surface area contributed by atoms with Gasteiger partial charge < -0.3 is 4.57 Å². The van der Waals surface area contributed by atoms with Crippen LogP contribution in [0.5, 0.6) is 0 Å². The highest BCUT2D eigenvalue weighted by Gasteiger charge is 2.15. The molecule has 0 atom stereocenters. The fourth-order valence-electron chi connectivity index (χ4n) is 2.53. The molecular formula is C20H23N3S. The summed E-state index contributed by atoms with van der Waals surface area (Å²) in [6.45, 7) is 6.67. The maximum absolute atomic E-state index is 4.38. The summed E-state index contributed by atoms with van der Waals surface area (Å²) in [6, 6.07) is 19.1. The molecule has 3 rings (SSSR count). The van der Waals surface area contributed by atoms with Gasteiger partial charge in [0.1, 0.15) is 0 Å². The number of hydrogen-bond acceptors (Lipinski definition) is 3. The van der Waals surface area contributed by atoms with Gasteiger partial charge in [0.05, 0.1) is 0 Å². The van der Waals surface area contributed by atoms with Gasteiger partial charge in [-0.1, -0.05) is 87.1 Å². The van der Waals surface area contributed by atoms with E-state index in [2.05, 4.69) is 84.1 Å². The van der Waals surface area contributed by atoms with E-state index in [4.69, 9.17) is 0 Å². The fourth-order valence-corrected chi connectivity index (χ4v) is 3.40. The van der Waals surface area contributed by atoms with Crippen LogP contribution in [0.15, 0.2) is 59.8 Å². The predicted octanol–water partition coefficient (Wildman–Crippen LogP) is 5.07. The molecule has 0 aliphatic heterocycles. The summed E-state index contributed by atoms with van der Waals surface area (Å²) in [5.74, 6) is 1.81. The van der Waals surface area contributed by atoms with E-state index in [1.807, 2.05) is 13.1 Å². The summed E-state index contributed by atoms with van der Waals surface area (Å²) in [6.07, 6.45) is 0. The van der Waals surface area contributed by atoms with Crippen molar-refractivity contribution in [3.8, 4) is 11.4 Å². The molecule has 0 amide bonds. The van der Waals surface area contributed by atoms with Crippen molar-refractivity contribution in [2.24, 2.45) is 7.05 Å². The number of benzene rings is 2. The molecule has 0 unspecified atom stereocenters. The third-order valence-corrected chi connectivity index (χ3v) is 5.15. The van der Waals surface area contributed by atoms with E-state index in [1.165, 1.54) is 11.1 Å². The minimum atomic E-state index is 0.162. The van der Waals surface area contributed by atoms with Crippen molar-refractivity contribution in [2.75, 3.05) is 0 Å². The van der Waals surface area contributed by atoms with Crippen molar-refractivity contribution in [3.05, 3.63) is 65.7 Å². The van der Waals surface area contributed by atoms with Crippen molar-refractivity contribution in [2.45, 2.75) is 37.1 Å². The minimum Gasteiger partial charge on any atom is -0.305 e. The van der Waals surface area contributed by atoms with Crippen molar-refractivity contribution >= 4 is 11.8 Å². The number of thioether (sulfide) groups is 1. The largest absolute Gasteiger partial charge is 0.305 e. The van der Waals surface area contributed by atoms with Crippen molar-refractivity contribution < 1.29 is 0 Å². The zero-order chi connectivity index (χ0) is 17.2. The molecule has 1 aromatic heterocycles. The van der Waals surface area contributed by atoms with Gasteiger partial charge >= 0.3 is 0 Å². The first kappa shape index (κ1) is 16.8. The Bertz CT molecular complexity index is 799. The van der Waals surface area contributed by atoms with Crippen LogP contribution in [0, 0.1) is 0 Å². The van der Waals surface area contributed by atoms with Gasteiger partial charge in [-0.3, -0.25) is 0 Å². The lowest BCUT2D eigenvalue weighted by molar-refractivity contribution is 0.590. The first-order valence-electron chi connectivity index (χ1n) is 8.12. The van der Waals surface area contributed by atoms with Gasteiger partial charge in [0, 0.05) is 18.4 Å². The molecule has 1 heterocycles. The van der Waals surface area contributed by atoms with E-state index in [0.29, 0.717) is 0 Å². The Labute approximate surface area is 148 Å². The Morgan fingerprint density at radius 3 is 2.21 bits per heavy atom. The Hall–Kier alpha value is -2.07. The molecular weight excluding hydrogens is 314 g/mol. The number of rotatable bonds is 4. The molecule has 0 aliphatic rings. The van der Waals surface area contributed by atoms with Crippen molar-refractivity contribution in [3.63, 3.8) is 0 Å². The van der Waals surface area contributed by atoms with Crippen LogP contribution in [0.2, 0.25) is 0 Å². The Morgan fingerprint density at radius 2 is 1.58 bits per heavy atom. The lowest BCUT2D eigenvalue weighted by atomic mass is 9.87. The van der Waals surface area contributed by atoms with E-state index < -0.39 is 0 Å². The molecule has 0 radical (unpaired) electrons. The maximum atomic E-state index is 4.38. The second-order valence-electron chi connectivity index (χ2n) is 6.97. The lowest BCUT2D eigenvalue weighted by Gasteiger charge is -2.19. The summed E-state index contributed by atoms with van der Waals surface area (Å²) >= 11 is 1.71. The van der Waals surface area contributed by atoms with E-state index in [-0.39, 0.29) is 5.41 Å². The maximum Gasteiger partial charge on any atom is 0.191 e. The number of nitrogens with zero attached hydrogens (tertiary/aromatic N) is 3. The highest BCUT2D eigenvalue weighted by atomic mass is 32.2. The number of aromatic nitrogens is 3. The smallest absolute Gasteiger partial charge is 0.191 e. The van der Waals surface area contributed by atoms with Crippen LogP contribution in [-0.4, -0.2) is 14.8 Å². The normalized spacial score (nSPS) is 11.7. The van der Waals surface area contributed by atoms with Crippen LogP contribution < -0.4 is 0 Å². The Morgan fingerprint density at radius 1 is 0.917 bits per heavy atom. The van der Waals surface area contributed by atoms with E-state index in [9.17, 15) is 0 Å². The lowest BCUT2D eigenvalue weighted by Crippen LogP contribution is -2.10. The van der Waals surface area contributed by atoms with Crippen LogP contribution in [0.1, 0.15) is 31.9 Å². The molecule has 0 saturated carbocycles. The second kappa shape index (κ2) is 6.81. The van der Waals surface area contributed by atoms with Gasteiger partial charge in [-0.25, -0.2) is 0 Å². The third kappa shape index (κ3) is 3.70. The van der Waals surface area contributed by atoms with E-state index >= 15 is 0 Å². The molecule has 4 heteroatoms. The summed E-state index contributed by atoms with van der Waals surface area (Å²) in [5, 5.41) is 9.68. The highest BCUT2D eigenvalue weighted by molar-refractivity contribution is 7.98. The summed E-state index contributed by atoms with van der Waals surface area (Å²) in [7, 11) is 2.03. The Kier molecular flexibility index (Phi) is 4.76. The monoisotopic (exact) mass is 337 g/mol. The summed E-state index contributed by atoms with van der Waals surface area (Å²) in [4.78, 5) is 0. The predicted molar refractivity (Wildman–Crippen MR) is 101 cm³/mol. The van der Waals surface area contributed by atoms with E-state index in [1.54, 1.807) is 11.8 Å². The quantitative estimate of drug-likeness (QED) is 0.623. The molecule has 0 aliphatic carbocycles. The molecule has 0 saturated heterocycles. The average Bonchev–Trinajstić information content (AvgIpc) is 2.94. The SMILES string of the molecule is Cn1c(SCc2ccccc2)nnc1-c1ccc(C(C)(C)C)cc1. The van der Waals surface area contributed by atoms with Crippen LogP contribution in [0.25, 0.3) is 11.4 Å². The van der Waals surface area contributed by atoms with Crippen molar-refractivity contribution in [1.82, 2.24) is 14.8 Å². The zero-order valence-corrected chi connectivity index (χ0v) is 15.5. The number of hydrogen-bond donors (Lipinski definition) is 0. The molecule has 0 N–H and O–H groups in total. The molecule has 3 aromatic rings. The molecule has 0 spiro atoms. The van der Waals surface area contributed by atoms with Crippen LogP contribution >= 0.6 is 11.8 Å². The first-order valence-corrected chi connectivity index (χ1v) is 9.11. The third-order valence-electron chi connectivity index (χ3n) is 4.05. The molecule has 124 valence electrons. The fraction of sp³-hybridized carbons (Fsp3) is 0.300. The first-order chi connectivity index (χ1) is 11.4. The van der Waals surface area contributed by atoms with Gasteiger partial charge in [-0.15, -0.1) is 10.2 Å². The van der Waals surface area contributed by atoms with Crippen molar-refractivity contribution in [1.29, 1.82) is 0 Å². The van der Waals surface area contributed by atoms with Crippen LogP contribution in [0.4, 0.5) is 0 Å². The topological polar surface area (TPSA) is 30.7 Å². The summed E-state index contributed by atoms with van der Waals surface area (Å²) < 4.78 is 2.07. The highest BCUT2D eigenvalue weighted by Crippen LogP contribution is 2.28. The minimum absolute atomic E-state index is 0.162. The van der Waals surface area contributed by atoms with Gasteiger partial charge in [0.2, 0.25) is 0 Å². The van der Waals surface area contributed by atoms with Gasteiger partial charge in [-0.05, 0) is 16.5 Å². The molecule has 2 aromatic carbocycles. The van der Waals surface area contributed by atoms with Crippen LogP contribution in [0.3, 0.4) is 0 Å². The molecule has 3 nitrogen and oxygen atoms in total. The molecule has 24 heavy (non-hydrogen) atoms. The molecule has 0 bridgehead atoms. The van der Waals surface area contributed by atoms with Crippen LogP contribution in [-0.2, 0) is 18.2 Å². The average molecular weight is 337 g/mol. The van der Waals surface area contributed by atoms with Gasteiger partial charge in [-0.2, -0.15) is 0 Å². The van der Waals surface area contributed by atoms with Gasteiger partial charge in [0.25, 0.3) is 0 Å². The Balaban J connectivity index is 1.77. The molecule has 0 fully saturated rings. The van der Waals surface area contributed by atoms with Gasteiger partial charge in [0.15, 0.2) is 11.0 Å². The van der Waals surface area contributed by atoms with E-state index in [0.717, 1.165) is 22.3 Å². The second-order valence-corrected chi connectivity index (χ2v) is 7.91.